The molecule has 30 nitrogen and oxygen atoms in total. The van der Waals surface area contributed by atoms with E-state index < -0.39 is 216 Å². The highest BCUT2D eigenvalue weighted by molar-refractivity contribution is 6.01. The summed E-state index contributed by atoms with van der Waals surface area (Å²) in [6.45, 7) is 11.3. The van der Waals surface area contributed by atoms with Gasteiger partial charge in [0.1, 0.15) is 108 Å². The molecule has 17 atom stereocenters. The number of aliphatic hydroxyl groups excluding tert-OH is 2. The number of esters is 2. The molecule has 8 aliphatic rings. The highest BCUT2D eigenvalue weighted by Crippen LogP contribution is 2.32. The molecule has 0 radical (unpaired) electrons. The molecule has 2 unspecified atom stereocenters. The zero-order valence-electron chi connectivity index (χ0n) is 64.9. The molecule has 12 amide bonds. The van der Waals surface area contributed by atoms with Gasteiger partial charge in [0, 0.05) is 77.1 Å². The Bertz CT molecular complexity index is 3900. The number of ether oxygens (including phenoxy) is 2. The lowest BCUT2D eigenvalue weighted by atomic mass is 9.98. The standard InChI is InChI=1S/C40H54F2N6O9.C39H52F2N6O9/c1-5-6-7-8-12-33(50)44-29(17-25-15-26(41)18-27(42)16-25)35(51)45-34-24(4)57-40(56)32-14-22(2)20-47(32)37(53)23(3)43-36(52)30-11-9-10-13-46(30)38(54)31-19-28(49)21-48(31)39(34)55;1-4-5-6-7-11-33(49)43-28(16-24-14-25(40)17-26(41)15-24)34(50)44-29-21-56-39(55)32-13-22(2)19-46(32)36(52)23(3)42-35(51)30-10-8-9-12-45(30)38(54)31-18-27(48)20-47(31)37(29)53/h8,12,15-16,18,22-24,28-32,34,49H,5-7,9-11,13-14,17,19-21H2,1-4H3,(H,43,52)(H,44,50)(H,45,51);7,11,14-15,17,22-23,27-32,48H,4-6,8-10,12-13,16,18-21H2,1-3H3,(H,42,51)(H,43,49)(H,44,50)/b12-8+;11-7+/t22-,23+,24+,28-,29+,30+,31+,32?,34+;22-,23+,27-,28+,29+,30+,31+,32?/m11/s1. The molecule has 0 bridgehead atoms. The molecule has 8 heterocycles. The van der Waals surface area contributed by atoms with Gasteiger partial charge in [0.25, 0.3) is 0 Å². The summed E-state index contributed by atoms with van der Waals surface area (Å²) in [4.78, 5) is 202. The van der Waals surface area contributed by atoms with Gasteiger partial charge in [0.05, 0.1) is 12.2 Å². The van der Waals surface area contributed by atoms with Crippen molar-refractivity contribution in [3.05, 3.63) is 95.1 Å². The first-order valence-corrected chi connectivity index (χ1v) is 39.4. The first-order chi connectivity index (χ1) is 53.7. The van der Waals surface area contributed by atoms with Gasteiger partial charge >= 0.3 is 11.9 Å². The van der Waals surface area contributed by atoms with Crippen molar-refractivity contribution in [1.29, 1.82) is 0 Å². The predicted molar refractivity (Wildman–Crippen MR) is 396 cm³/mol. The van der Waals surface area contributed by atoms with Gasteiger partial charge < -0.3 is 81.0 Å². The zero-order valence-corrected chi connectivity index (χ0v) is 64.9. The van der Waals surface area contributed by atoms with E-state index in [1.165, 1.54) is 52.5 Å². The van der Waals surface area contributed by atoms with E-state index in [0.717, 1.165) is 59.7 Å². The fraction of sp³-hybridized carbons (Fsp3) is 0.620. The lowest BCUT2D eigenvalue weighted by molar-refractivity contribution is -0.163. The summed E-state index contributed by atoms with van der Waals surface area (Å²) in [5.74, 6) is -14.2. The zero-order chi connectivity index (χ0) is 82.2. The fourth-order valence-corrected chi connectivity index (χ4v) is 16.0. The number of cyclic esters (lactones) is 2. The molecule has 8 aliphatic heterocycles. The van der Waals surface area contributed by atoms with Crippen LogP contribution >= 0.6 is 0 Å². The summed E-state index contributed by atoms with van der Waals surface area (Å²) < 4.78 is 68.4. The minimum absolute atomic E-state index is 0.0227. The molecular weight excluding hydrogens is 1480 g/mol. The van der Waals surface area contributed by atoms with E-state index in [9.17, 15) is 94.9 Å². The highest BCUT2D eigenvalue weighted by Gasteiger charge is 2.52. The number of hydrogen-bond donors (Lipinski definition) is 8. The van der Waals surface area contributed by atoms with Crippen molar-refractivity contribution >= 4 is 82.8 Å². The van der Waals surface area contributed by atoms with Crippen LogP contribution in [0.15, 0.2) is 60.7 Å². The lowest BCUT2D eigenvalue weighted by Crippen LogP contribution is -2.63. The van der Waals surface area contributed by atoms with Gasteiger partial charge in [0.2, 0.25) is 70.9 Å². The molecule has 0 saturated carbocycles. The van der Waals surface area contributed by atoms with Gasteiger partial charge in [-0.3, -0.25) is 57.5 Å². The van der Waals surface area contributed by atoms with Crippen LogP contribution in [0.25, 0.3) is 0 Å². The van der Waals surface area contributed by atoms with Crippen LogP contribution in [-0.2, 0) is 89.4 Å². The third kappa shape index (κ3) is 22.5. The van der Waals surface area contributed by atoms with Crippen LogP contribution in [-0.4, -0.2) is 259 Å². The fourth-order valence-electron chi connectivity index (χ4n) is 16.0. The van der Waals surface area contributed by atoms with E-state index in [-0.39, 0.29) is 87.9 Å². The number of carbonyl (C=O) groups is 14. The summed E-state index contributed by atoms with van der Waals surface area (Å²) in [6.07, 6.45) is 8.80. The molecule has 10 rings (SSSR count). The van der Waals surface area contributed by atoms with Crippen molar-refractivity contribution in [2.75, 3.05) is 45.9 Å². The summed E-state index contributed by atoms with van der Waals surface area (Å²) in [5, 5.41) is 37.2. The normalized spacial score (nSPS) is 28.9. The van der Waals surface area contributed by atoms with Crippen LogP contribution < -0.4 is 31.9 Å². The van der Waals surface area contributed by atoms with Gasteiger partial charge in [-0.15, -0.1) is 0 Å². The molecule has 0 aliphatic carbocycles. The van der Waals surface area contributed by atoms with Gasteiger partial charge in [-0.1, -0.05) is 65.5 Å². The molecule has 2 aromatic rings. The number of unbranched alkanes of at least 4 members (excludes halogenated alkanes) is 4. The number of benzene rings is 2. The number of rotatable bonds is 18. The first-order valence-electron chi connectivity index (χ1n) is 39.4. The monoisotopic (exact) mass is 1590 g/mol. The number of piperidine rings is 2. The predicted octanol–water partition coefficient (Wildman–Crippen LogP) is 2.12. The Kier molecular flexibility index (Phi) is 30.6. The van der Waals surface area contributed by atoms with E-state index in [4.69, 9.17) is 9.47 Å². The summed E-state index contributed by atoms with van der Waals surface area (Å²) in [5.41, 5.74) is 0.0472. The first kappa shape index (κ1) is 87.1. The Morgan fingerprint density at radius 3 is 1.34 bits per heavy atom. The Balaban J connectivity index is 0.000000259. The number of carbonyl (C=O) groups excluding carboxylic acids is 14. The third-order valence-corrected chi connectivity index (χ3v) is 21.8. The maximum absolute atomic E-state index is 14.7. The molecule has 618 valence electrons. The second kappa shape index (κ2) is 39.7. The van der Waals surface area contributed by atoms with Crippen molar-refractivity contribution in [2.45, 2.75) is 255 Å². The summed E-state index contributed by atoms with van der Waals surface area (Å²) in [7, 11) is 0. The van der Waals surface area contributed by atoms with Gasteiger partial charge in [-0.2, -0.15) is 0 Å². The van der Waals surface area contributed by atoms with Crippen molar-refractivity contribution in [1.82, 2.24) is 61.3 Å². The SMILES string of the molecule is CCCC/C=C/C(=O)N[C@@H](Cc1cc(F)cc(F)c1)C(=O)N[C@@H]1C(=O)N2C[C@H](O)C[C@H]2C(=O)N2CCCC[C@H]2C(=O)N[C@@H](C)C(=O)N2C[C@H](C)CC2C(=O)O[C@H]1C.CCCC/C=C/C(=O)N[C@@H](Cc1cc(F)cc(F)c1)C(=O)N[C@H]1COC(=O)C2C[C@@H](C)CN2C(=O)[C@H](C)NC(=O)[C@@H]2CCCCN2C(=O)[C@@H]2C[C@@H](O)CN2C1=O. The molecule has 34 heteroatoms. The molecule has 113 heavy (non-hydrogen) atoms. The molecular formula is C79H106F4N12O18. The van der Waals surface area contributed by atoms with E-state index in [2.05, 4.69) is 31.9 Å². The number of nitrogens with one attached hydrogen (secondary N) is 6. The number of aliphatic hydroxyl groups is 2. The van der Waals surface area contributed by atoms with Crippen LogP contribution in [0.4, 0.5) is 17.6 Å². The second-order valence-corrected chi connectivity index (χ2v) is 31.0. The number of hydrogen-bond acceptors (Lipinski definition) is 18. The Labute approximate surface area is 653 Å². The maximum atomic E-state index is 14.7. The minimum Gasteiger partial charge on any atom is -0.461 e. The molecule has 8 N–H and O–H groups in total. The van der Waals surface area contributed by atoms with Crippen molar-refractivity contribution < 1.29 is 104 Å². The smallest absolute Gasteiger partial charge is 0.329 e. The van der Waals surface area contributed by atoms with E-state index in [0.29, 0.717) is 63.5 Å². The largest absolute Gasteiger partial charge is 0.461 e. The number of nitrogens with zero attached hydrogens (tertiary/aromatic N) is 6. The number of halogens is 4. The molecule has 8 fully saturated rings. The van der Waals surface area contributed by atoms with Crippen LogP contribution in [0.3, 0.4) is 0 Å². The lowest BCUT2D eigenvalue weighted by Gasteiger charge is -2.39. The molecule has 8 saturated heterocycles. The minimum atomic E-state index is -1.71. The molecule has 2 aromatic carbocycles. The quantitative estimate of drug-likeness (QED) is 0.0458. The Hall–Kier alpha value is -9.86. The van der Waals surface area contributed by atoms with Crippen molar-refractivity contribution in [3.63, 3.8) is 0 Å². The van der Waals surface area contributed by atoms with Crippen LogP contribution in [0, 0.1) is 35.1 Å². The van der Waals surface area contributed by atoms with E-state index in [1.54, 1.807) is 12.2 Å². The van der Waals surface area contributed by atoms with E-state index >= 15 is 0 Å². The van der Waals surface area contributed by atoms with Gasteiger partial charge in [0.15, 0.2) is 0 Å². The van der Waals surface area contributed by atoms with Gasteiger partial charge in [-0.25, -0.2) is 27.2 Å². The van der Waals surface area contributed by atoms with Crippen LogP contribution in [0.5, 0.6) is 0 Å². The maximum Gasteiger partial charge on any atom is 0.329 e. The number of fused-ring (bicyclic) bond motifs is 6. The van der Waals surface area contributed by atoms with Crippen LogP contribution in [0.2, 0.25) is 0 Å². The summed E-state index contributed by atoms with van der Waals surface area (Å²) >= 11 is 0. The van der Waals surface area contributed by atoms with E-state index in [1.807, 2.05) is 27.7 Å². The van der Waals surface area contributed by atoms with Crippen molar-refractivity contribution in [3.8, 4) is 0 Å². The second-order valence-electron chi connectivity index (χ2n) is 31.0. The molecule has 0 aromatic heterocycles. The van der Waals surface area contributed by atoms with Gasteiger partial charge in [-0.05, 0) is 144 Å². The summed E-state index contributed by atoms with van der Waals surface area (Å²) in [6, 6.07) is -9.76. The number of allylic oxidation sites excluding steroid dienone is 2. The average Bonchev–Trinajstić information content (AvgIpc) is 1.74. The Morgan fingerprint density at radius 1 is 0.496 bits per heavy atom. The topological polar surface area (TPSA) is 390 Å². The highest BCUT2D eigenvalue weighted by atomic mass is 19.1. The van der Waals surface area contributed by atoms with Crippen molar-refractivity contribution in [2.24, 2.45) is 11.8 Å². The average molecular weight is 1590 g/mol. The third-order valence-electron chi connectivity index (χ3n) is 21.8. The Morgan fingerprint density at radius 2 is 0.903 bits per heavy atom. The molecule has 0 spiro atoms. The number of amides is 12. The van der Waals surface area contributed by atoms with Crippen LogP contribution in [0.1, 0.15) is 162 Å².